The zero-order chi connectivity index (χ0) is 14.1. The molecule has 0 aliphatic rings. The molecule has 0 fully saturated rings. The third-order valence-corrected chi connectivity index (χ3v) is 3.16. The third kappa shape index (κ3) is 2.12. The van der Waals surface area contributed by atoms with Crippen molar-refractivity contribution in [2.75, 3.05) is 0 Å². The summed E-state index contributed by atoms with van der Waals surface area (Å²) in [5.41, 5.74) is 7.77. The number of hydrogen-bond donors (Lipinski definition) is 1. The molecule has 0 amide bonds. The van der Waals surface area contributed by atoms with Crippen LogP contribution in [0, 0.1) is 11.6 Å². The van der Waals surface area contributed by atoms with Gasteiger partial charge in [0, 0.05) is 18.0 Å². The molecular formula is C15H11F2N3. The summed E-state index contributed by atoms with van der Waals surface area (Å²) < 4.78 is 27.5. The fraction of sp³-hybridized carbons (Fsp3) is 0.0667. The lowest BCUT2D eigenvalue weighted by Crippen LogP contribution is -2.15. The molecule has 5 heteroatoms. The minimum absolute atomic E-state index is 0.143. The van der Waals surface area contributed by atoms with E-state index >= 15 is 0 Å². The molecule has 1 atom stereocenters. The van der Waals surface area contributed by atoms with Crippen LogP contribution in [0.5, 0.6) is 0 Å². The van der Waals surface area contributed by atoms with Crippen LogP contribution in [0.2, 0.25) is 0 Å². The normalized spacial score (nSPS) is 12.6. The maximum absolute atomic E-state index is 13.8. The van der Waals surface area contributed by atoms with Gasteiger partial charge in [0.2, 0.25) is 0 Å². The minimum atomic E-state index is -0.886. The fourth-order valence-corrected chi connectivity index (χ4v) is 2.15. The topological polar surface area (TPSA) is 51.8 Å². The Morgan fingerprint density at radius 2 is 1.55 bits per heavy atom. The summed E-state index contributed by atoms with van der Waals surface area (Å²) >= 11 is 0. The van der Waals surface area contributed by atoms with E-state index in [2.05, 4.69) is 9.97 Å². The van der Waals surface area contributed by atoms with E-state index in [-0.39, 0.29) is 5.56 Å². The number of nitrogens with zero attached hydrogens (tertiary/aromatic N) is 2. The SMILES string of the molecule is NC(c1ccc2nccnc2c1)c1c(F)cccc1F. The van der Waals surface area contributed by atoms with Gasteiger partial charge in [-0.15, -0.1) is 0 Å². The van der Waals surface area contributed by atoms with E-state index in [1.807, 2.05) is 0 Å². The Balaban J connectivity index is 2.10. The predicted octanol–water partition coefficient (Wildman–Crippen LogP) is 2.96. The largest absolute Gasteiger partial charge is 0.320 e. The maximum Gasteiger partial charge on any atom is 0.131 e. The van der Waals surface area contributed by atoms with Crippen LogP contribution < -0.4 is 5.73 Å². The summed E-state index contributed by atoms with van der Waals surface area (Å²) in [6.07, 6.45) is 3.14. The molecule has 3 nitrogen and oxygen atoms in total. The lowest BCUT2D eigenvalue weighted by Gasteiger charge is -2.14. The quantitative estimate of drug-likeness (QED) is 0.779. The van der Waals surface area contributed by atoms with Crippen LogP contribution in [0.3, 0.4) is 0 Å². The van der Waals surface area contributed by atoms with Gasteiger partial charge in [-0.2, -0.15) is 0 Å². The second-order valence-electron chi connectivity index (χ2n) is 4.42. The summed E-state index contributed by atoms with van der Waals surface area (Å²) in [7, 11) is 0. The summed E-state index contributed by atoms with van der Waals surface area (Å²) in [4.78, 5) is 8.30. The second-order valence-corrected chi connectivity index (χ2v) is 4.42. The van der Waals surface area contributed by atoms with Crippen molar-refractivity contribution in [1.82, 2.24) is 9.97 Å². The van der Waals surface area contributed by atoms with Gasteiger partial charge < -0.3 is 5.73 Å². The third-order valence-electron chi connectivity index (χ3n) is 3.16. The zero-order valence-electron chi connectivity index (χ0n) is 10.4. The molecule has 3 rings (SSSR count). The first-order valence-electron chi connectivity index (χ1n) is 6.07. The zero-order valence-corrected chi connectivity index (χ0v) is 10.4. The van der Waals surface area contributed by atoms with Crippen molar-refractivity contribution in [1.29, 1.82) is 0 Å². The Labute approximate surface area is 114 Å². The first-order chi connectivity index (χ1) is 9.66. The van der Waals surface area contributed by atoms with Crippen molar-refractivity contribution in [3.8, 4) is 0 Å². The van der Waals surface area contributed by atoms with Crippen molar-refractivity contribution >= 4 is 11.0 Å². The van der Waals surface area contributed by atoms with Crippen molar-refractivity contribution in [3.63, 3.8) is 0 Å². The van der Waals surface area contributed by atoms with E-state index < -0.39 is 17.7 Å². The molecule has 2 aromatic carbocycles. The van der Waals surface area contributed by atoms with Crippen molar-refractivity contribution in [3.05, 3.63) is 71.6 Å². The van der Waals surface area contributed by atoms with Gasteiger partial charge >= 0.3 is 0 Å². The molecule has 0 saturated carbocycles. The highest BCUT2D eigenvalue weighted by atomic mass is 19.1. The van der Waals surface area contributed by atoms with E-state index in [0.29, 0.717) is 16.6 Å². The molecule has 1 aromatic heterocycles. The molecule has 1 heterocycles. The van der Waals surface area contributed by atoms with Crippen molar-refractivity contribution in [2.45, 2.75) is 6.04 Å². The Hall–Kier alpha value is -2.40. The number of benzene rings is 2. The molecule has 0 bridgehead atoms. The summed E-state index contributed by atoms with van der Waals surface area (Å²) in [6.45, 7) is 0. The van der Waals surface area contributed by atoms with Gasteiger partial charge in [-0.05, 0) is 29.8 Å². The molecule has 1 unspecified atom stereocenters. The van der Waals surface area contributed by atoms with Gasteiger partial charge in [-0.1, -0.05) is 12.1 Å². The predicted molar refractivity (Wildman–Crippen MR) is 71.9 cm³/mol. The van der Waals surface area contributed by atoms with Crippen LogP contribution in [0.1, 0.15) is 17.2 Å². The van der Waals surface area contributed by atoms with Crippen LogP contribution >= 0.6 is 0 Å². The number of rotatable bonds is 2. The van der Waals surface area contributed by atoms with E-state index in [9.17, 15) is 8.78 Å². The van der Waals surface area contributed by atoms with E-state index in [4.69, 9.17) is 5.73 Å². The standard InChI is InChI=1S/C15H11F2N3/c16-10-2-1-3-11(17)14(10)15(18)9-4-5-12-13(8-9)20-7-6-19-12/h1-8,15H,18H2. The summed E-state index contributed by atoms with van der Waals surface area (Å²) in [6, 6.07) is 7.94. The van der Waals surface area contributed by atoms with Crippen LogP contribution in [-0.4, -0.2) is 9.97 Å². The first kappa shape index (κ1) is 12.6. The molecule has 20 heavy (non-hydrogen) atoms. The lowest BCUT2D eigenvalue weighted by atomic mass is 9.98. The Morgan fingerprint density at radius 1 is 0.900 bits per heavy atom. The monoisotopic (exact) mass is 271 g/mol. The molecule has 3 aromatic rings. The smallest absolute Gasteiger partial charge is 0.131 e. The van der Waals surface area contributed by atoms with Crippen LogP contribution in [0.15, 0.2) is 48.8 Å². The summed E-state index contributed by atoms with van der Waals surface area (Å²) in [5, 5.41) is 0. The fourth-order valence-electron chi connectivity index (χ4n) is 2.15. The van der Waals surface area contributed by atoms with Crippen molar-refractivity contribution in [2.24, 2.45) is 5.73 Å². The highest BCUT2D eigenvalue weighted by Gasteiger charge is 2.18. The molecule has 100 valence electrons. The number of aromatic nitrogens is 2. The first-order valence-corrected chi connectivity index (χ1v) is 6.07. The number of hydrogen-bond acceptors (Lipinski definition) is 3. The van der Waals surface area contributed by atoms with E-state index in [1.54, 1.807) is 30.6 Å². The molecule has 0 aliphatic carbocycles. The van der Waals surface area contributed by atoms with E-state index in [1.165, 1.54) is 18.2 Å². The Morgan fingerprint density at radius 3 is 2.25 bits per heavy atom. The van der Waals surface area contributed by atoms with Crippen LogP contribution in [0.25, 0.3) is 11.0 Å². The van der Waals surface area contributed by atoms with Crippen LogP contribution in [-0.2, 0) is 0 Å². The Kier molecular flexibility index (Phi) is 3.12. The van der Waals surface area contributed by atoms with Gasteiger partial charge in [-0.3, -0.25) is 9.97 Å². The van der Waals surface area contributed by atoms with Gasteiger partial charge in [0.15, 0.2) is 0 Å². The van der Waals surface area contributed by atoms with Crippen LogP contribution in [0.4, 0.5) is 8.78 Å². The molecular weight excluding hydrogens is 260 g/mol. The molecule has 0 spiro atoms. The van der Waals surface area contributed by atoms with E-state index in [0.717, 1.165) is 0 Å². The van der Waals surface area contributed by atoms with Gasteiger partial charge in [-0.25, -0.2) is 8.78 Å². The summed E-state index contributed by atoms with van der Waals surface area (Å²) in [5.74, 6) is -1.31. The molecule has 0 aliphatic heterocycles. The highest BCUT2D eigenvalue weighted by molar-refractivity contribution is 5.74. The highest BCUT2D eigenvalue weighted by Crippen LogP contribution is 2.26. The number of halogens is 2. The minimum Gasteiger partial charge on any atom is -0.320 e. The molecule has 0 saturated heterocycles. The number of nitrogens with two attached hydrogens (primary N) is 1. The maximum atomic E-state index is 13.8. The Bertz CT molecular complexity index is 754. The average molecular weight is 271 g/mol. The van der Waals surface area contributed by atoms with Crippen molar-refractivity contribution < 1.29 is 8.78 Å². The number of fused-ring (bicyclic) bond motifs is 1. The van der Waals surface area contributed by atoms with Gasteiger partial charge in [0.25, 0.3) is 0 Å². The molecule has 0 radical (unpaired) electrons. The average Bonchev–Trinajstić information content (AvgIpc) is 2.46. The van der Waals surface area contributed by atoms with Gasteiger partial charge in [0.1, 0.15) is 11.6 Å². The lowest BCUT2D eigenvalue weighted by molar-refractivity contribution is 0.543. The molecule has 2 N–H and O–H groups in total. The second kappa shape index (κ2) is 4.94. The van der Waals surface area contributed by atoms with Gasteiger partial charge in [0.05, 0.1) is 17.1 Å².